The van der Waals surface area contributed by atoms with E-state index in [4.69, 9.17) is 11.6 Å². The maximum absolute atomic E-state index is 13.1. The molecule has 0 saturated carbocycles. The second-order valence-corrected chi connectivity index (χ2v) is 4.39. The molecule has 18 heavy (non-hydrogen) atoms. The summed E-state index contributed by atoms with van der Waals surface area (Å²) in [7, 11) is 0. The molecule has 0 aliphatic rings. The van der Waals surface area contributed by atoms with Crippen molar-refractivity contribution in [3.05, 3.63) is 53.1 Å². The summed E-state index contributed by atoms with van der Waals surface area (Å²) in [6, 6.07) is 7.16. The SMILES string of the molecule is CCNCc1ccc(-c2cncc(F)c2)cc1Cl. The van der Waals surface area contributed by atoms with Gasteiger partial charge >= 0.3 is 0 Å². The number of benzene rings is 1. The molecule has 1 aromatic carbocycles. The van der Waals surface area contributed by atoms with Gasteiger partial charge in [-0.15, -0.1) is 0 Å². The van der Waals surface area contributed by atoms with E-state index in [0.29, 0.717) is 5.02 Å². The van der Waals surface area contributed by atoms with Gasteiger partial charge in [0.1, 0.15) is 5.82 Å². The van der Waals surface area contributed by atoms with E-state index >= 15 is 0 Å². The van der Waals surface area contributed by atoms with E-state index in [1.807, 2.05) is 25.1 Å². The number of hydrogen-bond acceptors (Lipinski definition) is 2. The van der Waals surface area contributed by atoms with Crippen molar-refractivity contribution in [2.24, 2.45) is 0 Å². The smallest absolute Gasteiger partial charge is 0.142 e. The molecular weight excluding hydrogens is 251 g/mol. The molecule has 0 saturated heterocycles. The van der Waals surface area contributed by atoms with Gasteiger partial charge in [-0.05, 0) is 29.8 Å². The van der Waals surface area contributed by atoms with Crippen molar-refractivity contribution in [2.45, 2.75) is 13.5 Å². The highest BCUT2D eigenvalue weighted by molar-refractivity contribution is 6.31. The summed E-state index contributed by atoms with van der Waals surface area (Å²) in [5.74, 6) is -0.347. The molecule has 1 heterocycles. The molecule has 1 N–H and O–H groups in total. The van der Waals surface area contributed by atoms with Gasteiger partial charge in [-0.2, -0.15) is 0 Å². The van der Waals surface area contributed by atoms with E-state index in [2.05, 4.69) is 10.3 Å². The summed E-state index contributed by atoms with van der Waals surface area (Å²) in [5, 5.41) is 3.90. The lowest BCUT2D eigenvalue weighted by atomic mass is 10.1. The Morgan fingerprint density at radius 2 is 2.06 bits per heavy atom. The summed E-state index contributed by atoms with van der Waals surface area (Å²) in [6.07, 6.45) is 2.81. The van der Waals surface area contributed by atoms with Gasteiger partial charge in [0.2, 0.25) is 0 Å². The molecule has 2 rings (SSSR count). The van der Waals surface area contributed by atoms with Crippen LogP contribution in [0.25, 0.3) is 11.1 Å². The first kappa shape index (κ1) is 13.0. The van der Waals surface area contributed by atoms with Crippen molar-refractivity contribution >= 4 is 11.6 Å². The van der Waals surface area contributed by atoms with Crippen molar-refractivity contribution < 1.29 is 4.39 Å². The Balaban J connectivity index is 2.28. The van der Waals surface area contributed by atoms with Gasteiger partial charge in [0.15, 0.2) is 0 Å². The van der Waals surface area contributed by atoms with Crippen molar-refractivity contribution in [2.75, 3.05) is 6.54 Å². The second-order valence-electron chi connectivity index (χ2n) is 3.98. The zero-order valence-electron chi connectivity index (χ0n) is 10.1. The molecule has 0 fully saturated rings. The van der Waals surface area contributed by atoms with E-state index in [1.165, 1.54) is 12.3 Å². The lowest BCUT2D eigenvalue weighted by molar-refractivity contribution is 0.622. The first-order valence-electron chi connectivity index (χ1n) is 5.80. The minimum absolute atomic E-state index is 0.347. The second kappa shape index (κ2) is 5.94. The van der Waals surface area contributed by atoms with Gasteiger partial charge in [-0.25, -0.2) is 4.39 Å². The average Bonchev–Trinajstić information content (AvgIpc) is 2.37. The summed E-state index contributed by atoms with van der Waals surface area (Å²) < 4.78 is 13.1. The number of halogens is 2. The van der Waals surface area contributed by atoms with Crippen LogP contribution in [0.2, 0.25) is 5.02 Å². The van der Waals surface area contributed by atoms with E-state index in [1.54, 1.807) is 6.20 Å². The standard InChI is InChI=1S/C14H14ClFN2/c1-2-17-7-11-4-3-10(6-14(11)15)12-5-13(16)9-18-8-12/h3-6,8-9,17H,2,7H2,1H3. The van der Waals surface area contributed by atoms with Crippen LogP contribution in [0.15, 0.2) is 36.7 Å². The molecule has 4 heteroatoms. The highest BCUT2D eigenvalue weighted by atomic mass is 35.5. The van der Waals surface area contributed by atoms with Gasteiger partial charge < -0.3 is 5.32 Å². The molecule has 0 aliphatic carbocycles. The number of nitrogens with one attached hydrogen (secondary N) is 1. The Morgan fingerprint density at radius 3 is 2.72 bits per heavy atom. The Hall–Kier alpha value is -1.45. The van der Waals surface area contributed by atoms with E-state index in [-0.39, 0.29) is 5.82 Å². The Bertz CT molecular complexity index is 543. The maximum atomic E-state index is 13.1. The first-order chi connectivity index (χ1) is 8.70. The van der Waals surface area contributed by atoms with Gasteiger partial charge in [-0.3, -0.25) is 4.98 Å². The number of hydrogen-bond donors (Lipinski definition) is 1. The van der Waals surface area contributed by atoms with Gasteiger partial charge in [0.05, 0.1) is 6.20 Å². The van der Waals surface area contributed by atoms with Gasteiger partial charge in [0, 0.05) is 23.3 Å². The van der Waals surface area contributed by atoms with Crippen LogP contribution in [0.5, 0.6) is 0 Å². The topological polar surface area (TPSA) is 24.9 Å². The largest absolute Gasteiger partial charge is 0.313 e. The Kier molecular flexibility index (Phi) is 4.28. The highest BCUT2D eigenvalue weighted by Gasteiger charge is 2.04. The zero-order valence-corrected chi connectivity index (χ0v) is 10.8. The van der Waals surface area contributed by atoms with Crippen molar-refractivity contribution in [1.82, 2.24) is 10.3 Å². The van der Waals surface area contributed by atoms with Crippen LogP contribution in [0.1, 0.15) is 12.5 Å². The molecule has 0 bridgehead atoms. The van der Waals surface area contributed by atoms with Gasteiger partial charge in [0.25, 0.3) is 0 Å². The third-order valence-corrected chi connectivity index (χ3v) is 3.01. The number of pyridine rings is 1. The van der Waals surface area contributed by atoms with Crippen molar-refractivity contribution in [3.63, 3.8) is 0 Å². The normalized spacial score (nSPS) is 10.6. The molecule has 0 unspecified atom stereocenters. The van der Waals surface area contributed by atoms with Gasteiger partial charge in [-0.1, -0.05) is 30.7 Å². The molecule has 0 radical (unpaired) electrons. The fourth-order valence-corrected chi connectivity index (χ4v) is 1.95. The number of rotatable bonds is 4. The molecule has 2 aromatic rings. The minimum atomic E-state index is -0.347. The zero-order chi connectivity index (χ0) is 13.0. The molecule has 94 valence electrons. The van der Waals surface area contributed by atoms with E-state index < -0.39 is 0 Å². The predicted molar refractivity (Wildman–Crippen MR) is 72.0 cm³/mol. The summed E-state index contributed by atoms with van der Waals surface area (Å²) >= 11 is 6.20. The molecule has 0 atom stereocenters. The molecule has 0 aliphatic heterocycles. The monoisotopic (exact) mass is 264 g/mol. The first-order valence-corrected chi connectivity index (χ1v) is 6.18. The van der Waals surface area contributed by atoms with E-state index in [0.717, 1.165) is 29.8 Å². The fraction of sp³-hybridized carbons (Fsp3) is 0.214. The Labute approximate surface area is 111 Å². The maximum Gasteiger partial charge on any atom is 0.142 e. The van der Waals surface area contributed by atoms with E-state index in [9.17, 15) is 4.39 Å². The molecule has 2 nitrogen and oxygen atoms in total. The van der Waals surface area contributed by atoms with Crippen LogP contribution in [0.4, 0.5) is 4.39 Å². The molecule has 1 aromatic heterocycles. The quantitative estimate of drug-likeness (QED) is 0.912. The third kappa shape index (κ3) is 3.06. The van der Waals surface area contributed by atoms with Crippen LogP contribution in [0.3, 0.4) is 0 Å². The lowest BCUT2D eigenvalue weighted by Gasteiger charge is -2.07. The molecule has 0 amide bonds. The van der Waals surface area contributed by atoms with Crippen LogP contribution >= 0.6 is 11.6 Å². The number of nitrogens with zero attached hydrogens (tertiary/aromatic N) is 1. The fourth-order valence-electron chi connectivity index (χ4n) is 1.70. The predicted octanol–water partition coefficient (Wildman–Crippen LogP) is 3.65. The lowest BCUT2D eigenvalue weighted by Crippen LogP contribution is -2.11. The average molecular weight is 265 g/mol. The molecular formula is C14H14ClFN2. The third-order valence-electron chi connectivity index (χ3n) is 2.66. The molecule has 0 spiro atoms. The van der Waals surface area contributed by atoms with Crippen LogP contribution in [0, 0.1) is 5.82 Å². The van der Waals surface area contributed by atoms with Crippen LogP contribution < -0.4 is 5.32 Å². The summed E-state index contributed by atoms with van der Waals surface area (Å²) in [6.45, 7) is 3.67. The van der Waals surface area contributed by atoms with Crippen LogP contribution in [-0.2, 0) is 6.54 Å². The van der Waals surface area contributed by atoms with Crippen molar-refractivity contribution in [1.29, 1.82) is 0 Å². The van der Waals surface area contributed by atoms with Crippen LogP contribution in [-0.4, -0.2) is 11.5 Å². The highest BCUT2D eigenvalue weighted by Crippen LogP contribution is 2.25. The minimum Gasteiger partial charge on any atom is -0.313 e. The summed E-state index contributed by atoms with van der Waals surface area (Å²) in [5.41, 5.74) is 2.63. The summed E-state index contributed by atoms with van der Waals surface area (Å²) in [4.78, 5) is 3.83. The Morgan fingerprint density at radius 1 is 1.22 bits per heavy atom. The number of aromatic nitrogens is 1. The van der Waals surface area contributed by atoms with Crippen molar-refractivity contribution in [3.8, 4) is 11.1 Å².